The van der Waals surface area contributed by atoms with Crippen LogP contribution in [0.25, 0.3) is 0 Å². The maximum absolute atomic E-state index is 12.5. The zero-order valence-electron chi connectivity index (χ0n) is 15.4. The molecular weight excluding hydrogens is 316 g/mol. The number of likely N-dealkylation sites (tertiary alicyclic amines) is 1. The van der Waals surface area contributed by atoms with Gasteiger partial charge in [-0.1, -0.05) is 0 Å². The van der Waals surface area contributed by atoms with E-state index in [0.717, 1.165) is 52.0 Å². The van der Waals surface area contributed by atoms with Gasteiger partial charge in [0.1, 0.15) is 0 Å². The molecule has 3 heterocycles. The van der Waals surface area contributed by atoms with Gasteiger partial charge in [0.15, 0.2) is 0 Å². The minimum absolute atomic E-state index is 0.0584. The molecule has 2 amide bonds. The van der Waals surface area contributed by atoms with E-state index in [9.17, 15) is 4.79 Å². The molecule has 2 fully saturated rings. The minimum Gasteiger partial charge on any atom is -0.373 e. The molecule has 6 nitrogen and oxygen atoms in total. The summed E-state index contributed by atoms with van der Waals surface area (Å²) >= 11 is 0. The molecule has 0 unspecified atom stereocenters. The second kappa shape index (κ2) is 8.63. The third kappa shape index (κ3) is 4.92. The maximum atomic E-state index is 12.5. The van der Waals surface area contributed by atoms with E-state index >= 15 is 0 Å². The lowest BCUT2D eigenvalue weighted by atomic mass is 10.1. The molecule has 1 aromatic heterocycles. The summed E-state index contributed by atoms with van der Waals surface area (Å²) in [7, 11) is 0. The highest BCUT2D eigenvalue weighted by Gasteiger charge is 2.29. The van der Waals surface area contributed by atoms with Crippen LogP contribution in [-0.4, -0.2) is 65.7 Å². The van der Waals surface area contributed by atoms with Crippen molar-refractivity contribution in [1.29, 1.82) is 0 Å². The van der Waals surface area contributed by atoms with E-state index in [4.69, 9.17) is 4.74 Å². The molecule has 138 valence electrons. The Morgan fingerprint density at radius 3 is 2.72 bits per heavy atom. The van der Waals surface area contributed by atoms with Gasteiger partial charge in [0.2, 0.25) is 0 Å². The smallest absolute Gasteiger partial charge is 0.317 e. The van der Waals surface area contributed by atoms with Gasteiger partial charge in [0.25, 0.3) is 0 Å². The Hall–Kier alpha value is -1.66. The van der Waals surface area contributed by atoms with E-state index in [1.165, 1.54) is 5.56 Å². The summed E-state index contributed by atoms with van der Waals surface area (Å²) in [5.41, 5.74) is 1.18. The van der Waals surface area contributed by atoms with Crippen LogP contribution in [0.4, 0.5) is 4.79 Å². The zero-order chi connectivity index (χ0) is 17.6. The first-order chi connectivity index (χ1) is 12.1. The van der Waals surface area contributed by atoms with E-state index < -0.39 is 0 Å². The Labute approximate surface area is 150 Å². The molecule has 25 heavy (non-hydrogen) atoms. The van der Waals surface area contributed by atoms with Crippen molar-refractivity contribution >= 4 is 6.03 Å². The second-order valence-electron chi connectivity index (χ2n) is 7.23. The third-order valence-electron chi connectivity index (χ3n) is 5.03. The summed E-state index contributed by atoms with van der Waals surface area (Å²) < 4.78 is 5.76. The molecule has 2 aliphatic rings. The number of rotatable bonds is 5. The van der Waals surface area contributed by atoms with Gasteiger partial charge in [0, 0.05) is 45.1 Å². The van der Waals surface area contributed by atoms with Gasteiger partial charge in [-0.05, 0) is 50.8 Å². The van der Waals surface area contributed by atoms with Crippen molar-refractivity contribution in [3.8, 4) is 0 Å². The quantitative estimate of drug-likeness (QED) is 0.832. The molecule has 0 radical (unpaired) electrons. The van der Waals surface area contributed by atoms with Gasteiger partial charge in [-0.25, -0.2) is 4.79 Å². The Balaban J connectivity index is 1.41. The third-order valence-corrected chi connectivity index (χ3v) is 5.03. The first-order valence-corrected chi connectivity index (χ1v) is 9.45. The van der Waals surface area contributed by atoms with Crippen LogP contribution in [0.2, 0.25) is 0 Å². The second-order valence-corrected chi connectivity index (χ2v) is 7.23. The van der Waals surface area contributed by atoms with Gasteiger partial charge in [-0.2, -0.15) is 0 Å². The Morgan fingerprint density at radius 1 is 1.28 bits per heavy atom. The number of ether oxygens (including phenoxy) is 1. The van der Waals surface area contributed by atoms with Gasteiger partial charge >= 0.3 is 6.03 Å². The molecular formula is C19H30N4O2. The summed E-state index contributed by atoms with van der Waals surface area (Å²) in [4.78, 5) is 21.0. The summed E-state index contributed by atoms with van der Waals surface area (Å²) in [6, 6.07) is 4.26. The number of carbonyl (C=O) groups is 1. The first kappa shape index (κ1) is 18.1. The highest BCUT2D eigenvalue weighted by Crippen LogP contribution is 2.31. The van der Waals surface area contributed by atoms with Crippen LogP contribution in [0.1, 0.15) is 44.7 Å². The highest BCUT2D eigenvalue weighted by atomic mass is 16.5. The number of amides is 2. The Kier molecular flexibility index (Phi) is 6.26. The average molecular weight is 346 g/mol. The number of hydrogen-bond donors (Lipinski definition) is 1. The van der Waals surface area contributed by atoms with Gasteiger partial charge < -0.3 is 15.0 Å². The van der Waals surface area contributed by atoms with Crippen LogP contribution in [0.15, 0.2) is 24.5 Å². The lowest BCUT2D eigenvalue weighted by molar-refractivity contribution is -0.0679. The summed E-state index contributed by atoms with van der Waals surface area (Å²) in [6.45, 7) is 8.76. The number of hydrogen-bond acceptors (Lipinski definition) is 4. The van der Waals surface area contributed by atoms with Crippen LogP contribution in [0, 0.1) is 0 Å². The fourth-order valence-electron chi connectivity index (χ4n) is 4.01. The molecule has 1 N–H and O–H groups in total. The lowest BCUT2D eigenvalue weighted by Crippen LogP contribution is -2.46. The standard InChI is InChI=1S/C19H30N4O2/c1-15-13-22(14-16(2)25-15)11-4-8-21-19(24)23-12-3-5-18(23)17-6-9-20-10-7-17/h6-7,9-10,15-16,18H,3-5,8,11-14H2,1-2H3,(H,21,24)/t15-,16+,18-/m1/s1. The topological polar surface area (TPSA) is 57.7 Å². The van der Waals surface area contributed by atoms with Gasteiger partial charge in [0.05, 0.1) is 18.2 Å². The van der Waals surface area contributed by atoms with Crippen molar-refractivity contribution < 1.29 is 9.53 Å². The molecule has 3 rings (SSSR count). The van der Waals surface area contributed by atoms with Gasteiger partial charge in [-0.3, -0.25) is 9.88 Å². The maximum Gasteiger partial charge on any atom is 0.317 e. The SMILES string of the molecule is C[C@@H]1CN(CCCNC(=O)N2CCC[C@@H]2c2ccncc2)C[C@H](C)O1. The normalized spacial score (nSPS) is 27.4. The fourth-order valence-corrected chi connectivity index (χ4v) is 4.01. The summed E-state index contributed by atoms with van der Waals surface area (Å²) in [5, 5.41) is 3.10. The van der Waals surface area contributed by atoms with Gasteiger partial charge in [-0.15, -0.1) is 0 Å². The van der Waals surface area contributed by atoms with Crippen LogP contribution in [0.5, 0.6) is 0 Å². The van der Waals surface area contributed by atoms with E-state index in [0.29, 0.717) is 12.2 Å². The van der Waals surface area contributed by atoms with Crippen molar-refractivity contribution in [2.24, 2.45) is 0 Å². The Morgan fingerprint density at radius 2 is 2.00 bits per heavy atom. The number of aromatic nitrogens is 1. The summed E-state index contributed by atoms with van der Waals surface area (Å²) in [5.74, 6) is 0. The minimum atomic E-state index is 0.0584. The molecule has 0 aliphatic carbocycles. The van der Waals surface area contributed by atoms with Crippen LogP contribution < -0.4 is 5.32 Å². The van der Waals surface area contributed by atoms with Crippen LogP contribution >= 0.6 is 0 Å². The van der Waals surface area contributed by atoms with E-state index in [1.54, 1.807) is 12.4 Å². The van der Waals surface area contributed by atoms with E-state index in [-0.39, 0.29) is 12.1 Å². The largest absolute Gasteiger partial charge is 0.373 e. The zero-order valence-corrected chi connectivity index (χ0v) is 15.4. The monoisotopic (exact) mass is 346 g/mol. The molecule has 0 bridgehead atoms. The number of nitrogens with one attached hydrogen (secondary N) is 1. The molecule has 2 saturated heterocycles. The van der Waals surface area contributed by atoms with Crippen LogP contribution in [0.3, 0.4) is 0 Å². The van der Waals surface area contributed by atoms with E-state index in [1.807, 2.05) is 17.0 Å². The molecule has 1 aromatic rings. The van der Waals surface area contributed by atoms with Crippen molar-refractivity contribution in [2.75, 3.05) is 32.7 Å². The molecule has 0 spiro atoms. The number of pyridine rings is 1. The number of nitrogens with zero attached hydrogens (tertiary/aromatic N) is 3. The average Bonchev–Trinajstić information content (AvgIpc) is 3.08. The fraction of sp³-hybridized carbons (Fsp3) is 0.684. The highest BCUT2D eigenvalue weighted by molar-refractivity contribution is 5.75. The molecule has 0 aromatic carbocycles. The first-order valence-electron chi connectivity index (χ1n) is 9.45. The van der Waals surface area contributed by atoms with Crippen molar-refractivity contribution in [3.05, 3.63) is 30.1 Å². The summed E-state index contributed by atoms with van der Waals surface area (Å²) in [6.07, 6.45) is 7.25. The van der Waals surface area contributed by atoms with Crippen molar-refractivity contribution in [3.63, 3.8) is 0 Å². The number of urea groups is 1. The molecule has 6 heteroatoms. The molecule has 3 atom stereocenters. The molecule has 2 aliphatic heterocycles. The number of morpholine rings is 1. The Bertz CT molecular complexity index is 544. The predicted octanol–water partition coefficient (Wildman–Crippen LogP) is 2.43. The van der Waals surface area contributed by atoms with Crippen LogP contribution in [-0.2, 0) is 4.74 Å². The lowest BCUT2D eigenvalue weighted by Gasteiger charge is -2.35. The number of carbonyl (C=O) groups excluding carboxylic acids is 1. The van der Waals surface area contributed by atoms with Crippen molar-refractivity contribution in [2.45, 2.75) is 51.4 Å². The van der Waals surface area contributed by atoms with E-state index in [2.05, 4.69) is 29.0 Å². The van der Waals surface area contributed by atoms with Crippen molar-refractivity contribution in [1.82, 2.24) is 20.1 Å². The predicted molar refractivity (Wildman–Crippen MR) is 97.4 cm³/mol. The molecule has 0 saturated carbocycles.